The minimum absolute atomic E-state index is 0.118. The first kappa shape index (κ1) is 55.0. The van der Waals surface area contributed by atoms with Crippen LogP contribution in [0.25, 0.3) is 83.4 Å². The Balaban J connectivity index is 0.883. The van der Waals surface area contributed by atoms with Gasteiger partial charge in [0.1, 0.15) is 17.3 Å². The van der Waals surface area contributed by atoms with Crippen LogP contribution in [0, 0.1) is 13.2 Å². The summed E-state index contributed by atoms with van der Waals surface area (Å²) in [5.74, 6) is 1.74. The van der Waals surface area contributed by atoms with Crippen LogP contribution in [0.2, 0.25) is 0 Å². The quantitative estimate of drug-likeness (QED) is 0.0529. The Morgan fingerprint density at radius 3 is 1.51 bits per heavy atom. The average Bonchev–Trinajstić information content (AvgIpc) is 0.787. The van der Waals surface area contributed by atoms with Crippen LogP contribution in [0.15, 0.2) is 279 Å². The smallest absolute Gasteiger partial charge is 0.269 e. The molecule has 0 saturated heterocycles. The molecule has 11 aromatic carbocycles. The van der Waals surface area contributed by atoms with Crippen molar-refractivity contribution in [2.45, 2.75) is 85.4 Å². The zero-order valence-electron chi connectivity index (χ0n) is 56.3. The van der Waals surface area contributed by atoms with Gasteiger partial charge in [0.25, 0.3) is 6.33 Å². The molecule has 0 radical (unpaired) electrons. The zero-order valence-corrected chi connectivity index (χ0v) is 54.3. The van der Waals surface area contributed by atoms with E-state index >= 15 is 0 Å². The number of hydrogen-bond acceptors (Lipinski definition) is 2. The molecule has 5 nitrogen and oxygen atoms in total. The van der Waals surface area contributed by atoms with Gasteiger partial charge in [0, 0.05) is 32.7 Å². The van der Waals surface area contributed by atoms with Gasteiger partial charge in [0.05, 0.1) is 33.4 Å². The lowest BCUT2D eigenvalue weighted by atomic mass is 9.87. The average molecular weight is 1200 g/mol. The fourth-order valence-corrected chi connectivity index (χ4v) is 18.2. The van der Waals surface area contributed by atoms with Gasteiger partial charge in [-0.05, 0) is 136 Å². The maximum absolute atomic E-state index is 9.34. The van der Waals surface area contributed by atoms with E-state index in [9.17, 15) is 4.11 Å². The molecule has 0 aliphatic rings. The largest absolute Gasteiger partial charge is 0.458 e. The molecule has 0 spiro atoms. The number of para-hydroxylation sites is 4. The molecule has 446 valence electrons. The molecule has 0 aliphatic heterocycles. The number of benzene rings is 11. The second-order valence-electron chi connectivity index (χ2n) is 27.2. The molecule has 3 aromatic heterocycles. The first-order valence-corrected chi connectivity index (χ1v) is 33.6. The molecule has 0 atom stereocenters. The van der Waals surface area contributed by atoms with E-state index in [1.165, 1.54) is 32.3 Å². The highest BCUT2D eigenvalue weighted by atomic mass is 28.3. The van der Waals surface area contributed by atoms with E-state index in [-0.39, 0.29) is 21.8 Å². The summed E-state index contributed by atoms with van der Waals surface area (Å²) < 4.78 is 41.3. The van der Waals surface area contributed by atoms with Gasteiger partial charge in [-0.3, -0.25) is 13.7 Å². The number of rotatable bonds is 12. The highest BCUT2D eigenvalue weighted by molar-refractivity contribution is 7.20. The van der Waals surface area contributed by atoms with Gasteiger partial charge >= 0.3 is 0 Å². The normalized spacial score (nSPS) is 12.9. The molecule has 14 rings (SSSR count). The number of ether oxygens (including phenoxy) is 1. The Kier molecular flexibility index (Phi) is 13.9. The van der Waals surface area contributed by atoms with Crippen LogP contribution in [0.4, 0.5) is 0 Å². The Morgan fingerprint density at radius 2 is 0.912 bits per heavy atom. The van der Waals surface area contributed by atoms with Crippen molar-refractivity contribution in [3.8, 4) is 62.1 Å². The Labute approximate surface area is 541 Å². The Hall–Kier alpha value is -10.1. The summed E-state index contributed by atoms with van der Waals surface area (Å²) in [6.07, 6.45) is 5.58. The highest BCUT2D eigenvalue weighted by Gasteiger charge is 2.43. The van der Waals surface area contributed by atoms with Crippen LogP contribution in [0.1, 0.15) is 88.7 Å². The second-order valence-corrected chi connectivity index (χ2v) is 31.0. The number of nitrogens with zero attached hydrogens (tertiary/aromatic N) is 4. The summed E-state index contributed by atoms with van der Waals surface area (Å²) in [5, 5.41) is 6.94. The van der Waals surface area contributed by atoms with E-state index in [1.54, 1.807) is 12.3 Å². The van der Waals surface area contributed by atoms with Crippen molar-refractivity contribution in [1.29, 1.82) is 0 Å². The maximum Gasteiger partial charge on any atom is 0.269 e. The SMILES string of the molecule is [2H]C([2H])([2H])c1cc(-n2c3ccccc3c3ccc(Oc4cccc(-n5[c-][n+](-c6c(-c7ccccc7)cccc6-c6ccccc6)c6ccccc65)c4)cc32)ncc1-c1cccc([Si](c2cccc(C(C)(C)C)c2)(c2cccc(C(C)(C)C)c2)c2cccc(C(C)(C)C)c2)c1. The van der Waals surface area contributed by atoms with E-state index < -0.39 is 14.9 Å². The summed E-state index contributed by atoms with van der Waals surface area (Å²) in [6.45, 7) is 18.0. The standard InChI is InChI=1S/C85H76N4OSi/c1-58-49-81(86-56-76(58)61-31-21-37-68(50-61)91(69-38-22-32-62(51-69)83(2,3)4,70-39-23-33-63(52-70)84(5,6)7)71-40-24-34-64(53-71)85(8,9)10)89-77-44-18-17-41-74(77)75-48-47-67(55-80(75)89)90-66-36-25-35-65(54-66)87-57-88(79-46-20-19-45-78(79)87)82-72(59-27-13-11-14-28-59)42-26-43-73(82)60-29-15-12-16-30-60/h11-56H,1-10H3/i1D3. The van der Waals surface area contributed by atoms with Crippen molar-refractivity contribution >= 4 is 61.7 Å². The molecule has 0 N–H and O–H groups in total. The molecule has 0 aliphatic carbocycles. The van der Waals surface area contributed by atoms with Crippen molar-refractivity contribution in [2.24, 2.45) is 0 Å². The Morgan fingerprint density at radius 1 is 0.418 bits per heavy atom. The number of fused-ring (bicyclic) bond motifs is 4. The van der Waals surface area contributed by atoms with Crippen LogP contribution >= 0.6 is 0 Å². The molecule has 0 fully saturated rings. The van der Waals surface area contributed by atoms with E-state index in [2.05, 4.69) is 307 Å². The van der Waals surface area contributed by atoms with Crippen molar-refractivity contribution in [1.82, 2.24) is 14.1 Å². The molecular formula is C85H76N4OSi. The monoisotopic (exact) mass is 1200 g/mol. The van der Waals surface area contributed by atoms with E-state index in [0.717, 1.165) is 77.2 Å². The highest BCUT2D eigenvalue weighted by Crippen LogP contribution is 2.39. The predicted octanol–water partition coefficient (Wildman–Crippen LogP) is 18.6. The fraction of sp³-hybridized carbons (Fsp3) is 0.153. The third kappa shape index (κ3) is 10.8. The fourth-order valence-electron chi connectivity index (χ4n) is 13.4. The Bertz CT molecular complexity index is 4980. The van der Waals surface area contributed by atoms with Crippen LogP contribution in [-0.4, -0.2) is 22.2 Å². The predicted molar refractivity (Wildman–Crippen MR) is 383 cm³/mol. The lowest BCUT2D eigenvalue weighted by Gasteiger charge is -2.37. The number of imidazole rings is 1. The summed E-state index contributed by atoms with van der Waals surface area (Å²) in [4.78, 5) is 5.28. The van der Waals surface area contributed by atoms with Gasteiger partial charge in [0.2, 0.25) is 0 Å². The summed E-state index contributed by atoms with van der Waals surface area (Å²) >= 11 is 0. The van der Waals surface area contributed by atoms with Gasteiger partial charge in [-0.2, -0.15) is 0 Å². The molecule has 91 heavy (non-hydrogen) atoms. The van der Waals surface area contributed by atoms with Gasteiger partial charge < -0.3 is 4.74 Å². The van der Waals surface area contributed by atoms with Gasteiger partial charge in [-0.15, -0.1) is 0 Å². The zero-order chi connectivity index (χ0) is 65.3. The van der Waals surface area contributed by atoms with Crippen molar-refractivity contribution in [3.05, 3.63) is 308 Å². The maximum atomic E-state index is 9.34. The van der Waals surface area contributed by atoms with E-state index in [4.69, 9.17) is 9.72 Å². The number of pyridine rings is 1. The minimum atomic E-state index is -3.26. The molecule has 6 heteroatoms. The van der Waals surface area contributed by atoms with Crippen LogP contribution in [0.5, 0.6) is 11.5 Å². The molecule has 0 unspecified atom stereocenters. The van der Waals surface area contributed by atoms with Crippen LogP contribution < -0.4 is 30.1 Å². The number of aryl methyl sites for hydroxylation is 1. The lowest BCUT2D eigenvalue weighted by molar-refractivity contribution is -0.571. The lowest BCUT2D eigenvalue weighted by Crippen LogP contribution is -2.75. The third-order valence-electron chi connectivity index (χ3n) is 18.2. The first-order chi connectivity index (χ1) is 45.1. The number of aromatic nitrogens is 4. The van der Waals surface area contributed by atoms with E-state index in [1.807, 2.05) is 42.5 Å². The molecular weight excluding hydrogens is 1120 g/mol. The van der Waals surface area contributed by atoms with E-state index in [0.29, 0.717) is 22.9 Å². The summed E-state index contributed by atoms with van der Waals surface area (Å²) in [6, 6.07) is 96.8. The van der Waals surface area contributed by atoms with Gasteiger partial charge in [-0.1, -0.05) is 287 Å². The van der Waals surface area contributed by atoms with Crippen LogP contribution in [0.3, 0.4) is 0 Å². The van der Waals surface area contributed by atoms with Crippen molar-refractivity contribution in [3.63, 3.8) is 0 Å². The van der Waals surface area contributed by atoms with Gasteiger partial charge in [-0.25, -0.2) is 4.98 Å². The molecule has 0 amide bonds. The molecule has 3 heterocycles. The molecule has 14 aromatic rings. The molecule has 0 bridgehead atoms. The summed E-state index contributed by atoms with van der Waals surface area (Å²) in [5.41, 5.74) is 15.0. The minimum Gasteiger partial charge on any atom is -0.458 e. The molecule has 0 saturated carbocycles. The van der Waals surface area contributed by atoms with Gasteiger partial charge in [0.15, 0.2) is 8.07 Å². The topological polar surface area (TPSA) is 35.9 Å². The first-order valence-electron chi connectivity index (χ1n) is 33.1. The van der Waals surface area contributed by atoms with Crippen LogP contribution in [-0.2, 0) is 16.2 Å². The van der Waals surface area contributed by atoms with Crippen molar-refractivity contribution < 1.29 is 13.4 Å². The number of hydrogen-bond donors (Lipinski definition) is 0. The second kappa shape index (κ2) is 23.0. The van der Waals surface area contributed by atoms with Crippen molar-refractivity contribution in [2.75, 3.05) is 0 Å². The summed E-state index contributed by atoms with van der Waals surface area (Å²) in [7, 11) is -3.26. The third-order valence-corrected chi connectivity index (χ3v) is 22.9.